The molecule has 2 aromatic carbocycles. The van der Waals surface area contributed by atoms with Gasteiger partial charge in [0.15, 0.2) is 5.78 Å². The molecule has 3 rings (SSSR count). The molecule has 2 N–H and O–H groups in total. The molecule has 0 spiro atoms. The zero-order valence-corrected chi connectivity index (χ0v) is 16.0. The number of carbonyl (C=O) groups is 1. The largest absolute Gasteiger partial charge is 0.495 e. The van der Waals surface area contributed by atoms with Crippen molar-refractivity contribution in [3.05, 3.63) is 48.0 Å². The lowest BCUT2D eigenvalue weighted by molar-refractivity contribution is 0.0962. The Kier molecular flexibility index (Phi) is 6.19. The molecule has 1 heterocycles. The average molecular weight is 369 g/mol. The van der Waals surface area contributed by atoms with E-state index in [4.69, 9.17) is 15.2 Å². The molecule has 0 unspecified atom stereocenters. The van der Waals surface area contributed by atoms with Crippen LogP contribution in [0.5, 0.6) is 11.5 Å². The molecule has 6 nitrogen and oxygen atoms in total. The van der Waals surface area contributed by atoms with Crippen LogP contribution in [0.3, 0.4) is 0 Å². The highest BCUT2D eigenvalue weighted by Crippen LogP contribution is 2.28. The fourth-order valence-electron chi connectivity index (χ4n) is 3.42. The van der Waals surface area contributed by atoms with Crippen molar-refractivity contribution in [2.45, 2.75) is 6.42 Å². The highest BCUT2D eigenvalue weighted by Gasteiger charge is 2.20. The third-order valence-electron chi connectivity index (χ3n) is 5.00. The molecule has 0 saturated carbocycles. The highest BCUT2D eigenvalue weighted by atomic mass is 16.5. The number of para-hydroxylation sites is 2. The quantitative estimate of drug-likeness (QED) is 0.598. The Labute approximate surface area is 160 Å². The summed E-state index contributed by atoms with van der Waals surface area (Å²) < 4.78 is 10.6. The minimum absolute atomic E-state index is 0.108. The van der Waals surface area contributed by atoms with E-state index in [1.807, 2.05) is 18.2 Å². The summed E-state index contributed by atoms with van der Waals surface area (Å²) in [6.45, 7) is 4.45. The lowest BCUT2D eigenvalue weighted by Gasteiger charge is -2.36. The van der Waals surface area contributed by atoms with Gasteiger partial charge in [0.25, 0.3) is 0 Å². The van der Waals surface area contributed by atoms with Crippen molar-refractivity contribution in [1.82, 2.24) is 4.90 Å². The standard InChI is InChI=1S/C21H27N3O3/c1-26-20-8-7-16(15-17(20)22)19(25)9-10-23-11-13-24(14-12-23)18-5-3-4-6-21(18)27-2/h3-8,15H,9-14,22H2,1-2H3. The summed E-state index contributed by atoms with van der Waals surface area (Å²) in [5.41, 5.74) is 8.16. The maximum absolute atomic E-state index is 12.5. The molecule has 0 atom stereocenters. The number of ether oxygens (including phenoxy) is 2. The SMILES string of the molecule is COc1ccc(C(=O)CCN2CCN(c3ccccc3OC)CC2)cc1N. The van der Waals surface area contributed by atoms with Gasteiger partial charge in [-0.15, -0.1) is 0 Å². The molecule has 1 aliphatic heterocycles. The van der Waals surface area contributed by atoms with E-state index in [1.54, 1.807) is 32.4 Å². The number of nitrogen functional groups attached to an aromatic ring is 1. The lowest BCUT2D eigenvalue weighted by atomic mass is 10.1. The van der Waals surface area contributed by atoms with Crippen molar-refractivity contribution < 1.29 is 14.3 Å². The van der Waals surface area contributed by atoms with Gasteiger partial charge in [-0.25, -0.2) is 0 Å². The number of carbonyl (C=O) groups excluding carboxylic acids is 1. The number of hydrogen-bond acceptors (Lipinski definition) is 6. The van der Waals surface area contributed by atoms with E-state index in [0.717, 1.165) is 44.2 Å². The highest BCUT2D eigenvalue weighted by molar-refractivity contribution is 5.97. The van der Waals surface area contributed by atoms with E-state index >= 15 is 0 Å². The molecule has 0 aliphatic carbocycles. The number of methoxy groups -OCH3 is 2. The average Bonchev–Trinajstić information content (AvgIpc) is 2.72. The van der Waals surface area contributed by atoms with Crippen LogP contribution in [0.2, 0.25) is 0 Å². The summed E-state index contributed by atoms with van der Waals surface area (Å²) in [5, 5.41) is 0. The molecule has 144 valence electrons. The molecule has 0 amide bonds. The van der Waals surface area contributed by atoms with Crippen LogP contribution in [0.4, 0.5) is 11.4 Å². The Morgan fingerprint density at radius 1 is 1.00 bits per heavy atom. The monoisotopic (exact) mass is 369 g/mol. The Hall–Kier alpha value is -2.73. The fourth-order valence-corrected chi connectivity index (χ4v) is 3.42. The van der Waals surface area contributed by atoms with E-state index in [2.05, 4.69) is 15.9 Å². The summed E-state index contributed by atoms with van der Waals surface area (Å²) >= 11 is 0. The molecule has 6 heteroatoms. The van der Waals surface area contributed by atoms with E-state index in [1.165, 1.54) is 0 Å². The number of Topliss-reactive ketones (excluding diaryl/α,β-unsaturated/α-hetero) is 1. The first-order valence-electron chi connectivity index (χ1n) is 9.19. The number of piperazine rings is 1. The summed E-state index contributed by atoms with van der Waals surface area (Å²) in [5.74, 6) is 1.61. The number of rotatable bonds is 7. The van der Waals surface area contributed by atoms with Crippen LogP contribution in [-0.2, 0) is 0 Å². The maximum Gasteiger partial charge on any atom is 0.164 e. The van der Waals surface area contributed by atoms with Crippen molar-refractivity contribution >= 4 is 17.2 Å². The summed E-state index contributed by atoms with van der Waals surface area (Å²) in [6, 6.07) is 13.3. The first-order valence-corrected chi connectivity index (χ1v) is 9.19. The second-order valence-corrected chi connectivity index (χ2v) is 6.63. The second-order valence-electron chi connectivity index (χ2n) is 6.63. The van der Waals surface area contributed by atoms with E-state index in [-0.39, 0.29) is 5.78 Å². The van der Waals surface area contributed by atoms with E-state index in [0.29, 0.717) is 23.4 Å². The van der Waals surface area contributed by atoms with E-state index < -0.39 is 0 Å². The maximum atomic E-state index is 12.5. The minimum atomic E-state index is 0.108. The van der Waals surface area contributed by atoms with Crippen LogP contribution in [0, 0.1) is 0 Å². The smallest absolute Gasteiger partial charge is 0.164 e. The Morgan fingerprint density at radius 2 is 1.70 bits per heavy atom. The van der Waals surface area contributed by atoms with Crippen molar-refractivity contribution in [2.75, 3.05) is 57.6 Å². The van der Waals surface area contributed by atoms with Crippen molar-refractivity contribution in [1.29, 1.82) is 0 Å². The molecule has 1 aliphatic rings. The number of nitrogens with zero attached hydrogens (tertiary/aromatic N) is 2. The van der Waals surface area contributed by atoms with Crippen molar-refractivity contribution in [3.8, 4) is 11.5 Å². The van der Waals surface area contributed by atoms with Gasteiger partial charge < -0.3 is 20.1 Å². The second kappa shape index (κ2) is 8.77. The molecular weight excluding hydrogens is 342 g/mol. The van der Waals surface area contributed by atoms with Crippen LogP contribution >= 0.6 is 0 Å². The van der Waals surface area contributed by atoms with Crippen LogP contribution < -0.4 is 20.1 Å². The number of benzene rings is 2. The molecule has 27 heavy (non-hydrogen) atoms. The van der Waals surface area contributed by atoms with Crippen molar-refractivity contribution in [2.24, 2.45) is 0 Å². The van der Waals surface area contributed by atoms with Gasteiger partial charge in [0.1, 0.15) is 11.5 Å². The van der Waals surface area contributed by atoms with Gasteiger partial charge in [-0.3, -0.25) is 9.69 Å². The molecule has 0 aromatic heterocycles. The van der Waals surface area contributed by atoms with Crippen molar-refractivity contribution in [3.63, 3.8) is 0 Å². The van der Waals surface area contributed by atoms with Crippen LogP contribution in [0.1, 0.15) is 16.8 Å². The Bertz CT molecular complexity index is 786. The zero-order valence-electron chi connectivity index (χ0n) is 16.0. The Balaban J connectivity index is 1.51. The third-order valence-corrected chi connectivity index (χ3v) is 5.00. The van der Waals surface area contributed by atoms with Gasteiger partial charge in [-0.05, 0) is 30.3 Å². The summed E-state index contributed by atoms with van der Waals surface area (Å²) in [6.07, 6.45) is 0.487. The van der Waals surface area contributed by atoms with Gasteiger partial charge in [0.05, 0.1) is 25.6 Å². The van der Waals surface area contributed by atoms with Gasteiger partial charge in [-0.2, -0.15) is 0 Å². The van der Waals surface area contributed by atoms with Gasteiger partial charge in [0.2, 0.25) is 0 Å². The molecule has 1 saturated heterocycles. The van der Waals surface area contributed by atoms with Gasteiger partial charge >= 0.3 is 0 Å². The molecule has 0 radical (unpaired) electrons. The van der Waals surface area contributed by atoms with Crippen LogP contribution in [0.25, 0.3) is 0 Å². The topological polar surface area (TPSA) is 68.0 Å². The summed E-state index contributed by atoms with van der Waals surface area (Å²) in [7, 11) is 3.27. The Morgan fingerprint density at radius 3 is 2.37 bits per heavy atom. The first kappa shape index (κ1) is 19.0. The first-order chi connectivity index (χ1) is 13.1. The normalized spacial score (nSPS) is 14.8. The number of ketones is 1. The molecule has 2 aromatic rings. The summed E-state index contributed by atoms with van der Waals surface area (Å²) in [4.78, 5) is 17.1. The molecule has 0 bridgehead atoms. The zero-order chi connectivity index (χ0) is 19.2. The predicted molar refractivity (Wildman–Crippen MR) is 108 cm³/mol. The number of anilines is 2. The number of nitrogens with two attached hydrogens (primary N) is 1. The lowest BCUT2D eigenvalue weighted by Crippen LogP contribution is -2.47. The van der Waals surface area contributed by atoms with Gasteiger partial charge in [0, 0.05) is 44.7 Å². The van der Waals surface area contributed by atoms with Gasteiger partial charge in [-0.1, -0.05) is 12.1 Å². The molecular formula is C21H27N3O3. The predicted octanol–water partition coefficient (Wildman–Crippen LogP) is 2.68. The van der Waals surface area contributed by atoms with E-state index in [9.17, 15) is 4.79 Å². The third kappa shape index (κ3) is 4.52. The van der Waals surface area contributed by atoms with Crippen LogP contribution in [-0.4, -0.2) is 57.6 Å². The molecule has 1 fully saturated rings. The van der Waals surface area contributed by atoms with Crippen LogP contribution in [0.15, 0.2) is 42.5 Å². The minimum Gasteiger partial charge on any atom is -0.495 e. The fraction of sp³-hybridized carbons (Fsp3) is 0.381. The number of hydrogen-bond donors (Lipinski definition) is 1.